The van der Waals surface area contributed by atoms with E-state index in [0.29, 0.717) is 5.82 Å². The second-order valence-electron chi connectivity index (χ2n) is 9.69. The fraction of sp³-hybridized carbons (Fsp3) is 0. The fourth-order valence-electron chi connectivity index (χ4n) is 5.22. The van der Waals surface area contributed by atoms with Crippen LogP contribution in [0.5, 0.6) is 0 Å². The number of fused-ring (bicyclic) bond motifs is 5. The van der Waals surface area contributed by atoms with Crippen LogP contribution >= 0.6 is 0 Å². The molecule has 0 amide bonds. The third-order valence-electron chi connectivity index (χ3n) is 7.16. The SMILES string of the molecule is C=C/C=C(\C=C)c1cc(-c2cccc(-c3nc4c(nc5ccccn54)c4ccccc34)c2)nc(-c2ccccc2)n1. The van der Waals surface area contributed by atoms with Crippen LogP contribution in [0, 0.1) is 0 Å². The van der Waals surface area contributed by atoms with E-state index in [0.717, 1.165) is 66.9 Å². The quantitative estimate of drug-likeness (QED) is 0.203. The second kappa shape index (κ2) is 10.1. The van der Waals surface area contributed by atoms with Crippen molar-refractivity contribution in [2.75, 3.05) is 0 Å². The normalized spacial score (nSPS) is 11.8. The molecule has 194 valence electrons. The van der Waals surface area contributed by atoms with Crippen LogP contribution in [-0.4, -0.2) is 24.3 Å². The van der Waals surface area contributed by atoms with Crippen molar-refractivity contribution >= 4 is 33.2 Å². The summed E-state index contributed by atoms with van der Waals surface area (Å²) in [5, 5.41) is 2.12. The van der Waals surface area contributed by atoms with Gasteiger partial charge >= 0.3 is 0 Å². The number of hydrogen-bond acceptors (Lipinski definition) is 4. The minimum absolute atomic E-state index is 0.649. The van der Waals surface area contributed by atoms with Crippen molar-refractivity contribution in [2.45, 2.75) is 0 Å². The third kappa shape index (κ3) is 4.30. The molecular formula is C36H25N5. The van der Waals surface area contributed by atoms with Gasteiger partial charge < -0.3 is 0 Å². The molecule has 4 heterocycles. The van der Waals surface area contributed by atoms with Gasteiger partial charge in [-0.15, -0.1) is 0 Å². The lowest BCUT2D eigenvalue weighted by Gasteiger charge is -2.12. The van der Waals surface area contributed by atoms with E-state index in [9.17, 15) is 0 Å². The van der Waals surface area contributed by atoms with Gasteiger partial charge in [0.05, 0.1) is 17.1 Å². The highest BCUT2D eigenvalue weighted by atomic mass is 15.1. The maximum absolute atomic E-state index is 5.18. The zero-order valence-electron chi connectivity index (χ0n) is 22.3. The van der Waals surface area contributed by atoms with Gasteiger partial charge in [-0.2, -0.15) is 0 Å². The molecule has 4 aromatic heterocycles. The summed E-state index contributed by atoms with van der Waals surface area (Å²) in [6, 6.07) is 34.7. The third-order valence-corrected chi connectivity index (χ3v) is 7.16. The predicted molar refractivity (Wildman–Crippen MR) is 168 cm³/mol. The molecule has 0 bridgehead atoms. The van der Waals surface area contributed by atoms with E-state index in [1.165, 1.54) is 0 Å². The van der Waals surface area contributed by atoms with Gasteiger partial charge in [0, 0.05) is 33.7 Å². The Morgan fingerprint density at radius 1 is 0.659 bits per heavy atom. The topological polar surface area (TPSA) is 56.0 Å². The van der Waals surface area contributed by atoms with E-state index in [4.69, 9.17) is 19.9 Å². The number of aromatic nitrogens is 5. The zero-order chi connectivity index (χ0) is 27.8. The molecule has 0 N–H and O–H groups in total. The highest BCUT2D eigenvalue weighted by molar-refractivity contribution is 6.09. The average Bonchev–Trinajstić information content (AvgIpc) is 3.42. The molecule has 0 unspecified atom stereocenters. The molecule has 3 aromatic carbocycles. The summed E-state index contributed by atoms with van der Waals surface area (Å²) in [5.74, 6) is 0.649. The van der Waals surface area contributed by atoms with E-state index < -0.39 is 0 Å². The summed E-state index contributed by atoms with van der Waals surface area (Å²) in [6.45, 7) is 7.85. The van der Waals surface area contributed by atoms with Gasteiger partial charge in [0.1, 0.15) is 11.2 Å². The number of benzene rings is 3. The van der Waals surface area contributed by atoms with Crippen molar-refractivity contribution in [1.82, 2.24) is 24.3 Å². The van der Waals surface area contributed by atoms with E-state index in [-0.39, 0.29) is 0 Å². The van der Waals surface area contributed by atoms with Gasteiger partial charge in [-0.05, 0) is 29.8 Å². The van der Waals surface area contributed by atoms with Crippen LogP contribution < -0.4 is 0 Å². The van der Waals surface area contributed by atoms with Crippen molar-refractivity contribution in [3.8, 4) is 33.9 Å². The molecule has 0 fully saturated rings. The van der Waals surface area contributed by atoms with Crippen LogP contribution in [-0.2, 0) is 0 Å². The largest absolute Gasteiger partial charge is 0.284 e. The molecule has 0 radical (unpaired) electrons. The van der Waals surface area contributed by atoms with Gasteiger partial charge in [0.2, 0.25) is 0 Å². The lowest BCUT2D eigenvalue weighted by atomic mass is 9.99. The smallest absolute Gasteiger partial charge is 0.165 e. The Hall–Kier alpha value is -5.68. The molecule has 5 nitrogen and oxygen atoms in total. The van der Waals surface area contributed by atoms with E-state index >= 15 is 0 Å². The van der Waals surface area contributed by atoms with Crippen LogP contribution in [0.4, 0.5) is 0 Å². The first-order valence-electron chi connectivity index (χ1n) is 13.4. The summed E-state index contributed by atoms with van der Waals surface area (Å²) in [5.41, 5.74) is 8.88. The minimum atomic E-state index is 0.649. The number of pyridine rings is 2. The molecule has 0 spiro atoms. The first-order valence-corrected chi connectivity index (χ1v) is 13.4. The Morgan fingerprint density at radius 3 is 2.24 bits per heavy atom. The zero-order valence-corrected chi connectivity index (χ0v) is 22.3. The first kappa shape index (κ1) is 24.4. The van der Waals surface area contributed by atoms with E-state index in [2.05, 4.69) is 49.6 Å². The second-order valence-corrected chi connectivity index (χ2v) is 9.69. The molecule has 0 atom stereocenters. The minimum Gasteiger partial charge on any atom is -0.284 e. The van der Waals surface area contributed by atoms with Crippen LogP contribution in [0.15, 0.2) is 141 Å². The standard InChI is InChI=1S/C36H25N5/c1-3-13-24(4-2)30-23-31(38-35(37-30)25-14-6-5-7-15-25)26-16-12-17-27(22-26)33-28-18-8-9-19-29(28)34-36(40-33)41-21-11-10-20-32(41)39-34/h3-23H,1-2H2/b24-13+. The molecular weight excluding hydrogens is 502 g/mol. The summed E-state index contributed by atoms with van der Waals surface area (Å²) in [4.78, 5) is 19.9. The molecule has 5 heteroatoms. The lowest BCUT2D eigenvalue weighted by Crippen LogP contribution is -1.98. The number of rotatable bonds is 6. The monoisotopic (exact) mass is 527 g/mol. The van der Waals surface area contributed by atoms with Crippen LogP contribution in [0.3, 0.4) is 0 Å². The van der Waals surface area contributed by atoms with Crippen molar-refractivity contribution in [3.63, 3.8) is 0 Å². The summed E-state index contributed by atoms with van der Waals surface area (Å²) in [7, 11) is 0. The Kier molecular flexibility index (Phi) is 6.02. The number of imidazole rings is 1. The van der Waals surface area contributed by atoms with Gasteiger partial charge in [0.15, 0.2) is 11.5 Å². The Bertz CT molecular complexity index is 2140. The van der Waals surface area contributed by atoms with Crippen molar-refractivity contribution < 1.29 is 0 Å². The van der Waals surface area contributed by atoms with Crippen LogP contribution in [0.25, 0.3) is 67.1 Å². The molecule has 0 saturated carbocycles. The van der Waals surface area contributed by atoms with Gasteiger partial charge in [-0.1, -0.05) is 110 Å². The maximum atomic E-state index is 5.18. The first-order chi connectivity index (χ1) is 20.2. The van der Waals surface area contributed by atoms with Crippen molar-refractivity contribution in [2.24, 2.45) is 0 Å². The van der Waals surface area contributed by atoms with Crippen LogP contribution in [0.1, 0.15) is 5.69 Å². The van der Waals surface area contributed by atoms with E-state index in [1.807, 2.05) is 83.4 Å². The molecule has 0 aliphatic carbocycles. The van der Waals surface area contributed by atoms with Crippen LogP contribution in [0.2, 0.25) is 0 Å². The van der Waals surface area contributed by atoms with Gasteiger partial charge in [-0.25, -0.2) is 19.9 Å². The van der Waals surface area contributed by atoms with Gasteiger partial charge in [-0.3, -0.25) is 4.40 Å². The average molecular weight is 528 g/mol. The summed E-state index contributed by atoms with van der Waals surface area (Å²) < 4.78 is 2.04. The van der Waals surface area contributed by atoms with E-state index in [1.54, 1.807) is 12.2 Å². The molecule has 0 aliphatic heterocycles. The summed E-state index contributed by atoms with van der Waals surface area (Å²) >= 11 is 0. The number of allylic oxidation sites excluding steroid dienone is 4. The Labute approximate surface area is 237 Å². The lowest BCUT2D eigenvalue weighted by molar-refractivity contribution is 1.16. The number of nitrogens with zero attached hydrogens (tertiary/aromatic N) is 5. The number of hydrogen-bond donors (Lipinski definition) is 0. The van der Waals surface area contributed by atoms with Gasteiger partial charge in [0.25, 0.3) is 0 Å². The fourth-order valence-corrected chi connectivity index (χ4v) is 5.22. The maximum Gasteiger partial charge on any atom is 0.165 e. The van der Waals surface area contributed by atoms with Crippen molar-refractivity contribution in [3.05, 3.63) is 146 Å². The van der Waals surface area contributed by atoms with Crippen molar-refractivity contribution in [1.29, 1.82) is 0 Å². The Balaban J connectivity index is 1.45. The molecule has 7 rings (SSSR count). The molecule has 0 aliphatic rings. The molecule has 0 saturated heterocycles. The predicted octanol–water partition coefficient (Wildman–Crippen LogP) is 8.58. The molecule has 41 heavy (non-hydrogen) atoms. The highest BCUT2D eigenvalue weighted by Crippen LogP contribution is 2.34. The Morgan fingerprint density at radius 2 is 1.41 bits per heavy atom. The highest BCUT2D eigenvalue weighted by Gasteiger charge is 2.16. The molecule has 7 aromatic rings. The summed E-state index contributed by atoms with van der Waals surface area (Å²) in [6.07, 6.45) is 7.45.